The molecule has 0 aliphatic heterocycles. The zero-order chi connectivity index (χ0) is 9.84. The summed E-state index contributed by atoms with van der Waals surface area (Å²) in [6.07, 6.45) is 0. The molecule has 0 aliphatic rings. The number of Topliss-reactive ketones (excluding diaryl/α,β-unsaturated/α-hetero) is 1. The first-order valence-corrected chi connectivity index (χ1v) is 5.53. The average molecular weight is 308 g/mol. The Bertz CT molecular complexity index is 323. The lowest BCUT2D eigenvalue weighted by Crippen LogP contribution is -2.03. The van der Waals surface area contributed by atoms with Crippen molar-refractivity contribution in [3.63, 3.8) is 0 Å². The van der Waals surface area contributed by atoms with E-state index in [0.29, 0.717) is 16.6 Å². The highest BCUT2D eigenvalue weighted by molar-refractivity contribution is 9.10. The molecule has 0 N–H and O–H groups in total. The first-order valence-electron chi connectivity index (χ1n) is 3.62. The molecule has 0 spiro atoms. The van der Waals surface area contributed by atoms with Crippen LogP contribution in [0.15, 0.2) is 22.7 Å². The van der Waals surface area contributed by atoms with Gasteiger partial charge in [-0.05, 0) is 28.1 Å². The molecule has 0 amide bonds. The number of hydrogen-bond acceptors (Lipinski definition) is 2. The van der Waals surface area contributed by atoms with E-state index in [9.17, 15) is 4.79 Å². The molecule has 1 rings (SSSR count). The number of carbonyl (C=O) groups excluding carboxylic acids is 1. The fourth-order valence-electron chi connectivity index (χ4n) is 1.01. The summed E-state index contributed by atoms with van der Waals surface area (Å²) >= 11 is 6.43. The molecule has 0 saturated carbocycles. The van der Waals surface area contributed by atoms with Gasteiger partial charge >= 0.3 is 0 Å². The number of methoxy groups -OCH3 is 1. The number of halogens is 2. The summed E-state index contributed by atoms with van der Waals surface area (Å²) in [5, 5.41) is 0.298. The smallest absolute Gasteiger partial charge is 0.178 e. The van der Waals surface area contributed by atoms with Crippen LogP contribution in [0.25, 0.3) is 0 Å². The molecule has 2 nitrogen and oxygen atoms in total. The van der Waals surface area contributed by atoms with E-state index in [-0.39, 0.29) is 5.78 Å². The molecule has 0 atom stereocenters. The van der Waals surface area contributed by atoms with E-state index in [1.807, 2.05) is 12.1 Å². The molecular formula is C9H8Br2O2. The van der Waals surface area contributed by atoms with Crippen LogP contribution in [0.4, 0.5) is 0 Å². The molecule has 13 heavy (non-hydrogen) atoms. The molecule has 0 saturated heterocycles. The fourth-order valence-corrected chi connectivity index (χ4v) is 1.86. The Morgan fingerprint density at radius 1 is 1.54 bits per heavy atom. The summed E-state index contributed by atoms with van der Waals surface area (Å²) < 4.78 is 5.84. The van der Waals surface area contributed by atoms with Gasteiger partial charge in [0.15, 0.2) is 5.78 Å². The number of alkyl halides is 1. The number of benzene rings is 1. The van der Waals surface area contributed by atoms with Gasteiger partial charge in [0.25, 0.3) is 0 Å². The van der Waals surface area contributed by atoms with Crippen molar-refractivity contribution in [2.45, 2.75) is 0 Å². The number of ether oxygens (including phenoxy) is 1. The number of carbonyl (C=O) groups is 1. The van der Waals surface area contributed by atoms with Crippen molar-refractivity contribution < 1.29 is 9.53 Å². The Labute approximate surface area is 93.5 Å². The maximum atomic E-state index is 11.5. The molecule has 1 aromatic carbocycles. The summed E-state index contributed by atoms with van der Waals surface area (Å²) in [6, 6.07) is 5.41. The van der Waals surface area contributed by atoms with Crippen LogP contribution in [0, 0.1) is 0 Å². The fraction of sp³-hybridized carbons (Fsp3) is 0.222. The molecule has 0 aliphatic carbocycles. The molecule has 0 radical (unpaired) electrons. The number of hydrogen-bond donors (Lipinski definition) is 0. The van der Waals surface area contributed by atoms with E-state index in [4.69, 9.17) is 4.74 Å². The minimum absolute atomic E-state index is 0.00400. The van der Waals surface area contributed by atoms with Gasteiger partial charge in [-0.25, -0.2) is 0 Å². The van der Waals surface area contributed by atoms with Gasteiger partial charge in [-0.2, -0.15) is 0 Å². The van der Waals surface area contributed by atoms with Crippen LogP contribution in [0.1, 0.15) is 10.4 Å². The minimum atomic E-state index is 0.00400. The van der Waals surface area contributed by atoms with Crippen molar-refractivity contribution in [3.8, 4) is 5.75 Å². The minimum Gasteiger partial charge on any atom is -0.496 e. The summed E-state index contributed by atoms with van der Waals surface area (Å²) in [5.41, 5.74) is 0.585. The molecular weight excluding hydrogens is 300 g/mol. The van der Waals surface area contributed by atoms with Crippen LogP contribution in [-0.2, 0) is 0 Å². The van der Waals surface area contributed by atoms with Crippen molar-refractivity contribution in [1.82, 2.24) is 0 Å². The number of ketones is 1. The van der Waals surface area contributed by atoms with E-state index in [1.54, 1.807) is 13.2 Å². The maximum absolute atomic E-state index is 11.5. The SMILES string of the molecule is COc1cccc(Br)c1C(=O)CBr. The van der Waals surface area contributed by atoms with Crippen LogP contribution in [-0.4, -0.2) is 18.2 Å². The highest BCUT2D eigenvalue weighted by Gasteiger charge is 2.13. The van der Waals surface area contributed by atoms with Crippen molar-refractivity contribution in [2.24, 2.45) is 0 Å². The third-order valence-electron chi connectivity index (χ3n) is 1.60. The topological polar surface area (TPSA) is 26.3 Å². The first kappa shape index (κ1) is 10.7. The van der Waals surface area contributed by atoms with Crippen molar-refractivity contribution in [1.29, 1.82) is 0 Å². The maximum Gasteiger partial charge on any atom is 0.178 e. The first-order chi connectivity index (χ1) is 6.20. The van der Waals surface area contributed by atoms with Gasteiger partial charge in [-0.15, -0.1) is 0 Å². The van der Waals surface area contributed by atoms with Gasteiger partial charge < -0.3 is 4.74 Å². The molecule has 0 bridgehead atoms. The molecule has 0 fully saturated rings. The summed E-state index contributed by atoms with van der Waals surface area (Å²) in [7, 11) is 1.55. The van der Waals surface area contributed by atoms with E-state index in [2.05, 4.69) is 31.9 Å². The lowest BCUT2D eigenvalue weighted by atomic mass is 10.1. The second-order valence-corrected chi connectivity index (χ2v) is 3.79. The number of rotatable bonds is 3. The van der Waals surface area contributed by atoms with Gasteiger partial charge in [0.05, 0.1) is 18.0 Å². The summed E-state index contributed by atoms with van der Waals surface area (Å²) in [4.78, 5) is 11.5. The highest BCUT2D eigenvalue weighted by Crippen LogP contribution is 2.27. The summed E-state index contributed by atoms with van der Waals surface area (Å²) in [6.45, 7) is 0. The van der Waals surface area contributed by atoms with Gasteiger partial charge in [0.1, 0.15) is 5.75 Å². The lowest BCUT2D eigenvalue weighted by molar-refractivity contribution is 0.102. The standard InChI is InChI=1S/C9H8Br2O2/c1-13-8-4-2-3-6(11)9(8)7(12)5-10/h2-4H,5H2,1H3. The van der Waals surface area contributed by atoms with Gasteiger partial charge in [-0.3, -0.25) is 4.79 Å². The van der Waals surface area contributed by atoms with Gasteiger partial charge in [-0.1, -0.05) is 22.0 Å². The third-order valence-corrected chi connectivity index (χ3v) is 2.77. The van der Waals surface area contributed by atoms with E-state index in [0.717, 1.165) is 4.47 Å². The average Bonchev–Trinajstić information content (AvgIpc) is 2.16. The Kier molecular flexibility index (Phi) is 3.93. The lowest BCUT2D eigenvalue weighted by Gasteiger charge is -2.07. The van der Waals surface area contributed by atoms with Gasteiger partial charge in [0, 0.05) is 4.47 Å². The van der Waals surface area contributed by atoms with Gasteiger partial charge in [0.2, 0.25) is 0 Å². The van der Waals surface area contributed by atoms with Crippen molar-refractivity contribution in [2.75, 3.05) is 12.4 Å². The monoisotopic (exact) mass is 306 g/mol. The molecule has 0 unspecified atom stereocenters. The van der Waals surface area contributed by atoms with E-state index >= 15 is 0 Å². The van der Waals surface area contributed by atoms with Crippen LogP contribution < -0.4 is 4.74 Å². The molecule has 0 aromatic heterocycles. The Hall–Kier alpha value is -0.350. The largest absolute Gasteiger partial charge is 0.496 e. The second-order valence-electron chi connectivity index (χ2n) is 2.37. The molecule has 4 heteroatoms. The second kappa shape index (κ2) is 4.77. The zero-order valence-corrected chi connectivity index (χ0v) is 10.2. The Balaban J connectivity index is 3.22. The van der Waals surface area contributed by atoms with Crippen molar-refractivity contribution >= 4 is 37.6 Å². The van der Waals surface area contributed by atoms with Crippen molar-refractivity contribution in [3.05, 3.63) is 28.2 Å². The van der Waals surface area contributed by atoms with E-state index in [1.165, 1.54) is 0 Å². The van der Waals surface area contributed by atoms with Crippen LogP contribution >= 0.6 is 31.9 Å². The predicted octanol–water partition coefficient (Wildman–Crippen LogP) is 3.04. The van der Waals surface area contributed by atoms with Crippen LogP contribution in [0.5, 0.6) is 5.75 Å². The Morgan fingerprint density at radius 2 is 2.23 bits per heavy atom. The normalized spacial score (nSPS) is 9.77. The highest BCUT2D eigenvalue weighted by atomic mass is 79.9. The molecule has 70 valence electrons. The predicted molar refractivity (Wildman–Crippen MR) is 58.8 cm³/mol. The zero-order valence-electron chi connectivity index (χ0n) is 7.01. The van der Waals surface area contributed by atoms with Crippen LogP contribution in [0.2, 0.25) is 0 Å². The third kappa shape index (κ3) is 2.31. The Morgan fingerprint density at radius 3 is 2.77 bits per heavy atom. The quantitative estimate of drug-likeness (QED) is 0.634. The molecule has 1 aromatic rings. The van der Waals surface area contributed by atoms with Crippen LogP contribution in [0.3, 0.4) is 0 Å². The molecule has 0 heterocycles. The van der Waals surface area contributed by atoms with E-state index < -0.39 is 0 Å². The summed E-state index contributed by atoms with van der Waals surface area (Å²) in [5.74, 6) is 0.600.